The zero-order valence-electron chi connectivity index (χ0n) is 69.5. The molecule has 7 aromatic carbocycles. The summed E-state index contributed by atoms with van der Waals surface area (Å²) < 4.78 is 135. The number of aliphatic hydroxyl groups is 5. The summed E-state index contributed by atoms with van der Waals surface area (Å²) >= 11 is 20.1. The van der Waals surface area contributed by atoms with Gasteiger partial charge in [0.05, 0.1) is 57.9 Å². The number of fused-ring (bicyclic) bond motifs is 15. The van der Waals surface area contributed by atoms with E-state index in [1.165, 1.54) is 7.05 Å². The van der Waals surface area contributed by atoms with Gasteiger partial charge in [-0.15, -0.1) is 0 Å². The van der Waals surface area contributed by atoms with Crippen molar-refractivity contribution in [2.24, 2.45) is 17.4 Å². The highest BCUT2D eigenvalue weighted by Crippen LogP contribution is 2.50. The molecule has 2 fully saturated rings. The summed E-state index contributed by atoms with van der Waals surface area (Å²) in [5.41, 5.74) is 4.19. The number of amides is 11. The number of carbonyl (C=O) groups is 11. The number of alkyl halides is 6. The topological polar surface area (TPSA) is 616 Å². The van der Waals surface area contributed by atoms with Crippen LogP contribution in [0.15, 0.2) is 121 Å². The van der Waals surface area contributed by atoms with Crippen LogP contribution in [-0.2, 0) is 79.2 Å². The molecule has 712 valence electrons. The first-order chi connectivity index (χ1) is 62.7. The van der Waals surface area contributed by atoms with Crippen LogP contribution in [0, 0.1) is 5.92 Å². The quantitative estimate of drug-likeness (QED) is 0.0339. The maximum atomic E-state index is 16.2. The van der Waals surface area contributed by atoms with Crippen molar-refractivity contribution in [2.45, 2.75) is 155 Å². The highest BCUT2D eigenvalue weighted by atomic mass is 35.5. The van der Waals surface area contributed by atoms with E-state index in [0.717, 1.165) is 110 Å². The average Bonchev–Trinajstić information content (AvgIpc) is 0.755. The number of urea groups is 1. The molecule has 11 amide bonds. The Bertz CT molecular complexity index is 5680. The minimum atomic E-state index is -5.12. The van der Waals surface area contributed by atoms with E-state index in [9.17, 15) is 111 Å². The number of primary amides is 2. The van der Waals surface area contributed by atoms with Crippen LogP contribution in [0.1, 0.15) is 106 Å². The monoisotopic (exact) mass is 1930 g/mol. The van der Waals surface area contributed by atoms with E-state index in [2.05, 4.69) is 53.2 Å². The lowest BCUT2D eigenvalue weighted by Gasteiger charge is -2.48. The minimum Gasteiger partial charge on any atom is -0.508 e. The molecule has 7 aliphatic heterocycles. The number of halogens is 9. The lowest BCUT2D eigenvalue weighted by atomic mass is 9.89. The number of phenols is 3. The normalized spacial score (nSPS) is 25.3. The van der Waals surface area contributed by atoms with Crippen molar-refractivity contribution in [1.82, 2.24) is 47.9 Å². The van der Waals surface area contributed by atoms with Crippen LogP contribution in [0.2, 0.25) is 15.1 Å². The highest BCUT2D eigenvalue weighted by molar-refractivity contribution is 6.32. The number of methoxy groups -OCH3 is 1. The van der Waals surface area contributed by atoms with Crippen molar-refractivity contribution < 1.29 is 163 Å². The summed E-state index contributed by atoms with van der Waals surface area (Å²) in [7, 11) is 2.35. The number of ether oxygens (including phenoxy) is 8. The molecule has 0 aromatic heterocycles. The maximum Gasteiger partial charge on any atom is 0.417 e. The van der Waals surface area contributed by atoms with E-state index in [-0.39, 0.29) is 23.5 Å². The van der Waals surface area contributed by atoms with E-state index < -0.39 is 331 Å². The molecule has 7 heterocycles. The smallest absolute Gasteiger partial charge is 0.417 e. The molecule has 7 aliphatic rings. The largest absolute Gasteiger partial charge is 0.508 e. The third kappa shape index (κ3) is 22.5. The highest BCUT2D eigenvalue weighted by Gasteiger charge is 2.55. The number of likely N-dealkylation sites (N-methyl/N-ethyl adjacent to an activating group) is 1. The number of nitrogens with two attached hydrogens (primary N) is 2. The number of aliphatic hydroxyl groups excluding tert-OH is 5. The number of carbonyl (C=O) groups excluding carboxylic acids is 10. The first kappa shape index (κ1) is 99.3. The first-order valence-corrected chi connectivity index (χ1v) is 41.2. The average molecular weight is 1930 g/mol. The van der Waals surface area contributed by atoms with Gasteiger partial charge in [0.25, 0.3) is 5.91 Å². The molecule has 0 unspecified atom stereocenters. The standard InChI is InChI=1S/C84H85Cl3F6N12O28/c1-30(2)18-45(96-3)73(117)102-59-63(111)32-9-14-49(43(86)21-32)129-51-23-35-24-52(130-50-15-10-33(22-44(50)87)64(112)60-78(122)101-58(79(123)124)40-26-38(107)27-48(109)55(40)39-20-31(8-13-47(39)108)56(75(119)103-60)100-76(120)57(35)99-74(118)46(28-54(94)110)98-77(59)121)67(51)127-16-17-128-81-69(62(68(126-4)70(133-81)71(95)115)105-82(125)97-37-11-12-42(85)41(25-37)84(91,92)93)132-80-61(66(114)65(113)53(29-106)131-80)104-72(116)34-6-5-7-36(19-34)83(88,89)90/h5-15,19-27,30,45-46,53,56-66,68-70,80-81,96,106-109,111-114H,16-18,28-29H2,1-4H3,(H2,94,110)(H2,95,115)(H,98,121)(H,99,118)(H,100,120)(H,101,122)(H,102,117)(H,103,119)(H,104,116)(H,123,124)(H2,97,105,125)/t45-,46+,53-,56-,57-,58+,59-,60+,61-,62+,63-,64-,65-,66-,68+,69-,70+,80+,81+/m1/s1. The minimum absolute atomic E-state index is 0.136. The van der Waals surface area contributed by atoms with Crippen molar-refractivity contribution in [3.63, 3.8) is 0 Å². The first-order valence-electron chi connectivity index (χ1n) is 40.1. The lowest BCUT2D eigenvalue weighted by molar-refractivity contribution is -0.336. The van der Waals surface area contributed by atoms with Crippen molar-refractivity contribution in [1.29, 1.82) is 0 Å². The van der Waals surface area contributed by atoms with Crippen LogP contribution in [0.3, 0.4) is 0 Å². The number of aliphatic carboxylic acids is 1. The second-order valence-corrected chi connectivity index (χ2v) is 32.5. The summed E-state index contributed by atoms with van der Waals surface area (Å²) in [5.74, 6) is -20.1. The molecule has 19 atom stereocenters. The number of rotatable bonds is 22. The van der Waals surface area contributed by atoms with Gasteiger partial charge in [0.15, 0.2) is 36.2 Å². The van der Waals surface area contributed by atoms with Gasteiger partial charge in [-0.3, -0.25) is 43.2 Å². The van der Waals surface area contributed by atoms with Crippen LogP contribution in [0.25, 0.3) is 11.1 Å². The number of phenolic OH excluding ortho intramolecular Hbond substituents is 3. The van der Waals surface area contributed by atoms with Crippen molar-refractivity contribution >= 4 is 106 Å². The second-order valence-electron chi connectivity index (χ2n) is 31.3. The summed E-state index contributed by atoms with van der Waals surface area (Å²) in [5, 5.41) is 125. The van der Waals surface area contributed by atoms with Gasteiger partial charge in [-0.2, -0.15) is 26.3 Å². The lowest BCUT2D eigenvalue weighted by Crippen LogP contribution is -2.71. The Kier molecular flexibility index (Phi) is 30.8. The number of carboxylic acid groups (broad SMARTS) is 1. The van der Waals surface area contributed by atoms with Gasteiger partial charge in [-0.1, -0.05) is 72.9 Å². The number of hydrogen-bond donors (Lipinski definition) is 21. The van der Waals surface area contributed by atoms with E-state index in [1.54, 1.807) is 13.8 Å². The van der Waals surface area contributed by atoms with Gasteiger partial charge >= 0.3 is 24.4 Å². The molecule has 11 bridgehead atoms. The van der Waals surface area contributed by atoms with Crippen LogP contribution in [0.5, 0.6) is 46.0 Å². The summed E-state index contributed by atoms with van der Waals surface area (Å²) in [4.78, 5) is 160. The van der Waals surface area contributed by atoms with E-state index >= 15 is 14.4 Å². The zero-order valence-corrected chi connectivity index (χ0v) is 71.7. The number of benzene rings is 7. The fourth-order valence-corrected chi connectivity index (χ4v) is 16.0. The Labute approximate surface area is 762 Å². The molecule has 23 N–H and O–H groups in total. The van der Waals surface area contributed by atoms with Gasteiger partial charge in [-0.25, -0.2) is 9.59 Å². The van der Waals surface area contributed by atoms with Crippen LogP contribution in [0.4, 0.5) is 36.8 Å². The summed E-state index contributed by atoms with van der Waals surface area (Å²) in [6.45, 7) is 0.408. The fraction of sp³-hybridized carbons (Fsp3) is 0.369. The van der Waals surface area contributed by atoms with Gasteiger partial charge in [0.2, 0.25) is 53.0 Å². The van der Waals surface area contributed by atoms with E-state index in [1.807, 2.05) is 0 Å². The van der Waals surface area contributed by atoms with E-state index in [4.69, 9.17) is 84.2 Å². The second kappa shape index (κ2) is 41.2. The predicted octanol–water partition coefficient (Wildman–Crippen LogP) is 3.81. The molecule has 0 spiro atoms. The van der Waals surface area contributed by atoms with Crippen LogP contribution in [-0.4, -0.2) is 231 Å². The molecule has 0 aliphatic carbocycles. The summed E-state index contributed by atoms with van der Waals surface area (Å²) in [6.07, 6.45) is -33.1. The Balaban J connectivity index is 1.03. The molecule has 40 nitrogen and oxygen atoms in total. The predicted molar refractivity (Wildman–Crippen MR) is 446 cm³/mol. The molecule has 49 heteroatoms. The third-order valence-electron chi connectivity index (χ3n) is 21.8. The Morgan fingerprint density at radius 1 is 0.609 bits per heavy atom. The van der Waals surface area contributed by atoms with E-state index in [0.29, 0.717) is 18.2 Å². The summed E-state index contributed by atoms with van der Waals surface area (Å²) in [6, 6.07) is -3.09. The number of nitrogens with one attached hydrogen (secondary N) is 10. The fourth-order valence-electron chi connectivity index (χ4n) is 15.3. The van der Waals surface area contributed by atoms with Crippen molar-refractivity contribution in [3.05, 3.63) is 181 Å². The Hall–Kier alpha value is -12.7. The van der Waals surface area contributed by atoms with Crippen molar-refractivity contribution in [3.8, 4) is 57.1 Å². The molecule has 0 radical (unpaired) electrons. The SMILES string of the molecule is CN[C@H](CC(C)C)C(=O)N[C@H]1C(=O)N[C@@H](CC(N)=O)C(=O)N[C@H]2C(=O)N[C@H]3C(=O)N[C@H](C(=O)N[C@H](C(=O)O)c4cc(O)cc(O)c4-c4cc3ccc4O)[C@H](O)c3ccc(c(Cl)c3)Oc3cc2cc(c3OCCO[C@H]2O[C@H](C(N)=O)[C@@H](OC)[C@H](NC(=O)Nc3ccc(Cl)c(C(F)(F)F)c3)[C@H]2O[C@@H]2O[C@H](CO)[C@@H](O)[C@H](O)[C@H]2NC(=O)c2cccc(C(F)(F)F)c2)Oc2ccc(cc2Cl)[C@H]1O. The number of aromatic hydroxyl groups is 3. The third-order valence-corrected chi connectivity index (χ3v) is 22.7. The molecule has 2 saturated heterocycles. The molecular weight excluding hydrogens is 1850 g/mol. The number of anilines is 1. The van der Waals surface area contributed by atoms with Crippen LogP contribution >= 0.6 is 34.8 Å². The molecular formula is C84H85Cl3F6N12O28. The van der Waals surface area contributed by atoms with Gasteiger partial charge in [0.1, 0.15) is 114 Å². The Morgan fingerprint density at radius 2 is 1.25 bits per heavy atom. The Morgan fingerprint density at radius 3 is 1.85 bits per heavy atom. The van der Waals surface area contributed by atoms with Crippen LogP contribution < -0.4 is 78.8 Å². The number of hydrogen-bond acceptors (Lipinski definition) is 28. The van der Waals surface area contributed by atoms with Gasteiger partial charge in [0, 0.05) is 41.1 Å². The molecule has 7 aromatic rings. The molecule has 133 heavy (non-hydrogen) atoms. The van der Waals surface area contributed by atoms with Gasteiger partial charge < -0.3 is 148 Å². The van der Waals surface area contributed by atoms with Crippen molar-refractivity contribution in [2.75, 3.05) is 39.3 Å². The number of carboxylic acids is 1. The maximum absolute atomic E-state index is 16.2. The molecule has 14 rings (SSSR count). The molecule has 0 saturated carbocycles. The zero-order chi connectivity index (χ0) is 97.0. The van der Waals surface area contributed by atoms with Gasteiger partial charge in [-0.05, 0) is 133 Å².